The minimum atomic E-state index is -1.29. The van der Waals surface area contributed by atoms with Gasteiger partial charge in [0.25, 0.3) is 5.91 Å². The number of amides is 2. The molecule has 3 aromatic heterocycles. The quantitative estimate of drug-likeness (QED) is 0.0278. The molecule has 1 aliphatic carbocycles. The molecule has 82 heavy (non-hydrogen) atoms. The summed E-state index contributed by atoms with van der Waals surface area (Å²) in [4.78, 5) is 74.6. The van der Waals surface area contributed by atoms with Crippen molar-refractivity contribution >= 4 is 41.2 Å². The van der Waals surface area contributed by atoms with E-state index in [4.69, 9.17) is 19.6 Å². The second-order valence-electron chi connectivity index (χ2n) is 24.2. The molecular weight excluding hydrogens is 1040 g/mol. The number of anilines is 2. The number of carboxylic acids is 3. The monoisotopic (exact) mass is 1140 g/mol. The molecule has 1 aliphatic heterocycles. The Kier molecular flexibility index (Phi) is 25.9. The summed E-state index contributed by atoms with van der Waals surface area (Å²) in [5.74, 6) is -0.706. The van der Waals surface area contributed by atoms with E-state index >= 15 is 4.79 Å². The first-order valence-corrected chi connectivity index (χ1v) is 30.3. The summed E-state index contributed by atoms with van der Waals surface area (Å²) in [5, 5.41) is 41.4. The van der Waals surface area contributed by atoms with Gasteiger partial charge in [0.15, 0.2) is 6.54 Å². The average Bonchev–Trinajstić information content (AvgIpc) is 4.27. The third kappa shape index (κ3) is 22.6. The summed E-state index contributed by atoms with van der Waals surface area (Å²) in [6, 6.07) is 15.4. The molecule has 3 N–H and O–H groups in total. The number of hydrogen-bond donors (Lipinski definition) is 3. The van der Waals surface area contributed by atoms with Gasteiger partial charge in [-0.1, -0.05) is 89.3 Å². The van der Waals surface area contributed by atoms with Crippen molar-refractivity contribution in [3.05, 3.63) is 83.4 Å². The highest BCUT2D eigenvalue weighted by atomic mass is 16.5. The number of piperidine rings is 1. The number of unbranched alkanes of at least 4 members (excludes halogenated alkanes) is 11. The van der Waals surface area contributed by atoms with E-state index in [9.17, 15) is 29.4 Å². The molecule has 19 nitrogen and oxygen atoms in total. The molecular formula is C63H93N9O10. The van der Waals surface area contributed by atoms with Gasteiger partial charge >= 0.3 is 11.9 Å². The van der Waals surface area contributed by atoms with Gasteiger partial charge in [0.2, 0.25) is 11.8 Å². The van der Waals surface area contributed by atoms with Crippen LogP contribution in [0.5, 0.6) is 11.6 Å². The molecule has 4 heterocycles. The molecule has 19 heteroatoms. The molecule has 2 atom stereocenters. The summed E-state index contributed by atoms with van der Waals surface area (Å²) >= 11 is 0. The Labute approximate surface area is 486 Å². The van der Waals surface area contributed by atoms with Crippen LogP contribution in [0.2, 0.25) is 0 Å². The van der Waals surface area contributed by atoms with Gasteiger partial charge in [-0.05, 0) is 124 Å². The molecule has 4 aromatic rings. The lowest BCUT2D eigenvalue weighted by Crippen LogP contribution is -2.54. The molecule has 0 bridgehead atoms. The SMILES string of the molecule is COc1ccc(C(=O)N(CC(C)(C)CCCCCCn2cc(CCCCCCCCCCCC(=O)NCCC[N+](C)(CC(=O)[O-])CC(=O)O)nn2)c2cccc(C)n2)c(N2CCC(COc3cc([C@@H](CC(=O)O)C4CC4)ccn3)CC2)c1. The second kappa shape index (κ2) is 32.9. The van der Waals surface area contributed by atoms with Gasteiger partial charge in [-0.2, -0.15) is 0 Å². The predicted octanol–water partition coefficient (Wildman–Crippen LogP) is 9.20. The predicted molar refractivity (Wildman–Crippen MR) is 314 cm³/mol. The van der Waals surface area contributed by atoms with Crippen LogP contribution in [-0.4, -0.2) is 136 Å². The van der Waals surface area contributed by atoms with Crippen LogP contribution in [0, 0.1) is 24.2 Å². The van der Waals surface area contributed by atoms with E-state index in [0.29, 0.717) is 73.9 Å². The number of likely N-dealkylation sites (N-methyl/N-ethyl adjacent to an activating group) is 1. The van der Waals surface area contributed by atoms with Crippen LogP contribution in [0.25, 0.3) is 0 Å². The number of hydrogen-bond acceptors (Lipinski definition) is 13. The molecule has 1 saturated heterocycles. The fourth-order valence-corrected chi connectivity index (χ4v) is 11.4. The summed E-state index contributed by atoms with van der Waals surface area (Å²) in [6.07, 6.45) is 24.8. The van der Waals surface area contributed by atoms with Crippen LogP contribution in [0.15, 0.2) is 60.9 Å². The maximum atomic E-state index is 15.0. The van der Waals surface area contributed by atoms with Crippen LogP contribution in [-0.2, 0) is 32.1 Å². The van der Waals surface area contributed by atoms with Crippen molar-refractivity contribution in [2.24, 2.45) is 17.3 Å². The Hall–Kier alpha value is -6.63. The molecule has 2 aliphatic rings. The van der Waals surface area contributed by atoms with Gasteiger partial charge in [0.1, 0.15) is 18.1 Å². The number of pyridine rings is 2. The van der Waals surface area contributed by atoms with Crippen LogP contribution in [0.1, 0.15) is 182 Å². The average molecular weight is 1140 g/mol. The molecule has 450 valence electrons. The maximum Gasteiger partial charge on any atom is 0.359 e. The van der Waals surface area contributed by atoms with Crippen LogP contribution in [0.3, 0.4) is 0 Å². The standard InChI is InChI=1S/C63H93N9O10/c1-47-21-19-23-56(66-47)71(62(80)53-28-27-52(81-5)40-55(53)69-36-30-48(31-37-69)45-82-58-39-50(29-34-65-58)54(41-59(74)75)49-25-26-49)46-63(2,3)32-17-13-14-18-35-70-42-51(67-68-70)22-15-11-9-7-6-8-10-12-16-24-57(73)64-33-20-38-72(4,43-60(76)77)44-61(78)79/h19,21,23,27-29,34,39-40,42,48-49,54H,6-18,20,22,24-26,30-33,35-38,41,43-46H2,1-5H3,(H3-,64,73,74,75,76,77,78,79)/t54-/m0/s1. The number of carbonyl (C=O) groups excluding carboxylic acids is 3. The number of methoxy groups -OCH3 is 1. The largest absolute Gasteiger partial charge is 0.544 e. The lowest BCUT2D eigenvalue weighted by atomic mass is 9.86. The van der Waals surface area contributed by atoms with Gasteiger partial charge < -0.3 is 44.3 Å². The number of rotatable bonds is 40. The van der Waals surface area contributed by atoms with E-state index in [1.165, 1.54) is 19.3 Å². The van der Waals surface area contributed by atoms with Crippen molar-refractivity contribution < 1.29 is 53.2 Å². The number of ether oxygens (including phenoxy) is 2. The number of carboxylic acid groups (broad SMARTS) is 3. The maximum absolute atomic E-state index is 15.0. The van der Waals surface area contributed by atoms with Crippen LogP contribution in [0.4, 0.5) is 11.5 Å². The van der Waals surface area contributed by atoms with Gasteiger partial charge in [0.05, 0.1) is 56.6 Å². The molecule has 2 fully saturated rings. The van der Waals surface area contributed by atoms with Gasteiger partial charge in [-0.3, -0.25) is 24.0 Å². The number of carbonyl (C=O) groups is 5. The summed E-state index contributed by atoms with van der Waals surface area (Å²) in [5.41, 5.74) is 4.15. The first-order valence-electron chi connectivity index (χ1n) is 30.3. The van der Waals surface area contributed by atoms with E-state index < -0.39 is 17.9 Å². The van der Waals surface area contributed by atoms with E-state index in [0.717, 1.165) is 145 Å². The first-order chi connectivity index (χ1) is 39.4. The van der Waals surface area contributed by atoms with Crippen molar-refractivity contribution in [3.63, 3.8) is 0 Å². The fourth-order valence-electron chi connectivity index (χ4n) is 11.4. The smallest absolute Gasteiger partial charge is 0.359 e. The van der Waals surface area contributed by atoms with Crippen molar-refractivity contribution in [3.8, 4) is 11.6 Å². The van der Waals surface area contributed by atoms with Crippen molar-refractivity contribution in [2.45, 2.75) is 174 Å². The topological polar surface area (TPSA) is 242 Å². The Bertz CT molecular complexity index is 2630. The molecule has 0 radical (unpaired) electrons. The van der Waals surface area contributed by atoms with Crippen LogP contribution < -0.4 is 29.7 Å². The minimum absolute atomic E-state index is 0.0168. The third-order valence-electron chi connectivity index (χ3n) is 16.2. The fraction of sp³-hybridized carbons (Fsp3) is 0.635. The zero-order valence-electron chi connectivity index (χ0n) is 49.7. The van der Waals surface area contributed by atoms with Gasteiger partial charge in [0, 0.05) is 75.8 Å². The van der Waals surface area contributed by atoms with E-state index in [1.807, 2.05) is 65.0 Å². The van der Waals surface area contributed by atoms with E-state index in [-0.39, 0.29) is 47.1 Å². The molecule has 6 rings (SSSR count). The van der Waals surface area contributed by atoms with E-state index in [1.54, 1.807) is 20.4 Å². The highest BCUT2D eigenvalue weighted by Crippen LogP contribution is 2.45. The number of quaternary nitrogens is 1. The highest BCUT2D eigenvalue weighted by molar-refractivity contribution is 6.09. The Morgan fingerprint density at radius 1 is 0.854 bits per heavy atom. The van der Waals surface area contributed by atoms with Gasteiger partial charge in [-0.15, -0.1) is 5.10 Å². The Morgan fingerprint density at radius 2 is 1.56 bits per heavy atom. The number of nitrogens with zero attached hydrogens (tertiary/aromatic N) is 8. The molecule has 2 amide bonds. The van der Waals surface area contributed by atoms with Crippen molar-refractivity contribution in [2.75, 3.05) is 76.4 Å². The number of aromatic nitrogens is 5. The molecule has 0 spiro atoms. The number of nitrogens with one attached hydrogen (secondary N) is 1. The zero-order valence-corrected chi connectivity index (χ0v) is 49.7. The lowest BCUT2D eigenvalue weighted by molar-refractivity contribution is -0.897. The summed E-state index contributed by atoms with van der Waals surface area (Å²) < 4.78 is 13.8. The first kappa shape index (κ1) is 64.5. The van der Waals surface area contributed by atoms with Crippen molar-refractivity contribution in [1.29, 1.82) is 0 Å². The lowest BCUT2D eigenvalue weighted by Gasteiger charge is -2.36. The number of aliphatic carboxylic acids is 3. The number of benzene rings is 1. The van der Waals surface area contributed by atoms with Crippen LogP contribution >= 0.6 is 0 Å². The second-order valence-corrected chi connectivity index (χ2v) is 24.2. The Morgan fingerprint density at radius 3 is 2.24 bits per heavy atom. The summed E-state index contributed by atoms with van der Waals surface area (Å²) in [7, 11) is 3.23. The highest BCUT2D eigenvalue weighted by Gasteiger charge is 2.35. The van der Waals surface area contributed by atoms with E-state index in [2.05, 4.69) is 45.6 Å². The zero-order chi connectivity index (χ0) is 58.9. The molecule has 1 saturated carbocycles. The molecule has 1 aromatic carbocycles. The normalized spacial score (nSPS) is 14.9. The number of aryl methyl sites for hydroxylation is 3. The Balaban J connectivity index is 0.858. The van der Waals surface area contributed by atoms with Crippen molar-refractivity contribution in [1.82, 2.24) is 30.3 Å². The third-order valence-corrected chi connectivity index (χ3v) is 16.2. The molecule has 1 unspecified atom stereocenters. The minimum Gasteiger partial charge on any atom is -0.544 e. The summed E-state index contributed by atoms with van der Waals surface area (Å²) in [6.45, 7) is 9.81. The van der Waals surface area contributed by atoms with Gasteiger partial charge in [-0.25, -0.2) is 14.8 Å².